The number of hydrogen-bond acceptors (Lipinski definition) is 1. The third-order valence-corrected chi connectivity index (χ3v) is 7.64. The molecule has 2 aromatic rings. The van der Waals surface area contributed by atoms with Gasteiger partial charge in [-0.15, -0.1) is 0 Å². The van der Waals surface area contributed by atoms with Crippen LogP contribution in [0.5, 0.6) is 0 Å². The molecule has 0 amide bonds. The van der Waals surface area contributed by atoms with E-state index in [0.717, 1.165) is 17.8 Å². The highest BCUT2D eigenvalue weighted by Gasteiger charge is 2.08. The largest absolute Gasteiger partial charge is 0.253 e. The summed E-state index contributed by atoms with van der Waals surface area (Å²) in [6.45, 7) is 18.0. The van der Waals surface area contributed by atoms with E-state index < -0.39 is 0 Å². The standard InChI is InChI=1S/C34H51N/c1-9-12-14-15-16-17-19-33-24-34(21-26(5)28(33)7)35-29(8)31(11-3)22-30-20-25(4)27(6)32(23-30)18-13-10-2/h20-24H,9-19H2,1-8H3. The first-order valence-electron chi connectivity index (χ1n) is 14.3. The van der Waals surface area contributed by atoms with Crippen molar-refractivity contribution in [1.29, 1.82) is 0 Å². The molecule has 1 heteroatoms. The Kier molecular flexibility index (Phi) is 12.5. The number of aryl methyl sites for hydroxylation is 4. The van der Waals surface area contributed by atoms with Crippen LogP contribution < -0.4 is 0 Å². The van der Waals surface area contributed by atoms with Crippen LogP contribution in [0.25, 0.3) is 6.08 Å². The van der Waals surface area contributed by atoms with Gasteiger partial charge in [-0.3, -0.25) is 4.99 Å². The van der Waals surface area contributed by atoms with Gasteiger partial charge >= 0.3 is 0 Å². The second-order valence-electron chi connectivity index (χ2n) is 10.5. The van der Waals surface area contributed by atoms with Crippen molar-refractivity contribution in [3.8, 4) is 0 Å². The number of allylic oxidation sites excluding steroid dienone is 1. The molecule has 0 aliphatic heterocycles. The zero-order chi connectivity index (χ0) is 25.8. The van der Waals surface area contributed by atoms with Gasteiger partial charge in [0.25, 0.3) is 0 Å². The molecule has 35 heavy (non-hydrogen) atoms. The van der Waals surface area contributed by atoms with Gasteiger partial charge in [0, 0.05) is 5.71 Å². The fourth-order valence-corrected chi connectivity index (χ4v) is 4.93. The molecule has 0 atom stereocenters. The first-order valence-corrected chi connectivity index (χ1v) is 14.3. The molecule has 2 aromatic carbocycles. The van der Waals surface area contributed by atoms with E-state index in [0.29, 0.717) is 0 Å². The molecule has 192 valence electrons. The Morgan fingerprint density at radius 3 is 1.91 bits per heavy atom. The number of benzene rings is 2. The molecule has 0 fully saturated rings. The molecule has 0 aliphatic carbocycles. The van der Waals surface area contributed by atoms with Crippen molar-refractivity contribution in [1.82, 2.24) is 0 Å². The molecule has 0 saturated carbocycles. The minimum atomic E-state index is 0.988. The lowest BCUT2D eigenvalue weighted by Crippen LogP contribution is -1.99. The summed E-state index contributed by atoms with van der Waals surface area (Å²) in [7, 11) is 0. The Bertz CT molecular complexity index is 1010. The van der Waals surface area contributed by atoms with Crippen LogP contribution in [0.2, 0.25) is 0 Å². The van der Waals surface area contributed by atoms with E-state index in [-0.39, 0.29) is 0 Å². The van der Waals surface area contributed by atoms with Crippen LogP contribution in [0.1, 0.15) is 124 Å². The van der Waals surface area contributed by atoms with Crippen LogP contribution in [0.3, 0.4) is 0 Å². The van der Waals surface area contributed by atoms with Gasteiger partial charge in [-0.1, -0.05) is 71.4 Å². The average Bonchev–Trinajstić information content (AvgIpc) is 2.83. The summed E-state index contributed by atoms with van der Waals surface area (Å²) in [6, 6.07) is 9.33. The zero-order valence-corrected chi connectivity index (χ0v) is 24.1. The third-order valence-electron chi connectivity index (χ3n) is 7.64. The molecule has 0 aliphatic rings. The van der Waals surface area contributed by atoms with Crippen LogP contribution in [0, 0.1) is 27.7 Å². The first-order chi connectivity index (χ1) is 16.8. The van der Waals surface area contributed by atoms with Gasteiger partial charge < -0.3 is 0 Å². The summed E-state index contributed by atoms with van der Waals surface area (Å²) in [4.78, 5) is 5.12. The van der Waals surface area contributed by atoms with E-state index >= 15 is 0 Å². The van der Waals surface area contributed by atoms with Crippen molar-refractivity contribution >= 4 is 17.5 Å². The Morgan fingerprint density at radius 1 is 0.686 bits per heavy atom. The summed E-state index contributed by atoms with van der Waals surface area (Å²) in [5.41, 5.74) is 13.5. The van der Waals surface area contributed by atoms with Crippen LogP contribution in [-0.2, 0) is 12.8 Å². The maximum Gasteiger partial charge on any atom is 0.0638 e. The van der Waals surface area contributed by atoms with Crippen molar-refractivity contribution in [2.24, 2.45) is 4.99 Å². The van der Waals surface area contributed by atoms with E-state index in [1.165, 1.54) is 109 Å². The van der Waals surface area contributed by atoms with Gasteiger partial charge in [0.2, 0.25) is 0 Å². The number of unbranched alkanes of at least 4 members (excludes halogenated alkanes) is 6. The molecule has 0 radical (unpaired) electrons. The van der Waals surface area contributed by atoms with Crippen molar-refractivity contribution in [3.05, 3.63) is 68.8 Å². The summed E-state index contributed by atoms with van der Waals surface area (Å²) in [6.07, 6.45) is 16.2. The predicted octanol–water partition coefficient (Wildman–Crippen LogP) is 10.8. The highest BCUT2D eigenvalue weighted by atomic mass is 14.7. The summed E-state index contributed by atoms with van der Waals surface area (Å²) >= 11 is 0. The average molecular weight is 474 g/mol. The van der Waals surface area contributed by atoms with Gasteiger partial charge in [-0.25, -0.2) is 0 Å². The van der Waals surface area contributed by atoms with Crippen molar-refractivity contribution < 1.29 is 0 Å². The minimum Gasteiger partial charge on any atom is -0.253 e. The van der Waals surface area contributed by atoms with Gasteiger partial charge in [0.1, 0.15) is 0 Å². The number of nitrogens with zero attached hydrogens (tertiary/aromatic N) is 1. The van der Waals surface area contributed by atoms with Gasteiger partial charge in [0.05, 0.1) is 5.69 Å². The predicted molar refractivity (Wildman–Crippen MR) is 159 cm³/mol. The molecule has 0 N–H and O–H groups in total. The number of rotatable bonds is 14. The fraction of sp³-hybridized carbons (Fsp3) is 0.559. The Balaban J connectivity index is 2.25. The molecule has 0 spiro atoms. The van der Waals surface area contributed by atoms with Crippen LogP contribution in [-0.4, -0.2) is 5.71 Å². The minimum absolute atomic E-state index is 0.988. The van der Waals surface area contributed by atoms with Crippen molar-refractivity contribution in [2.75, 3.05) is 0 Å². The van der Waals surface area contributed by atoms with Crippen molar-refractivity contribution in [3.63, 3.8) is 0 Å². The Morgan fingerprint density at radius 2 is 1.26 bits per heavy atom. The molecule has 0 unspecified atom stereocenters. The van der Waals surface area contributed by atoms with E-state index in [2.05, 4.69) is 85.7 Å². The topological polar surface area (TPSA) is 12.4 Å². The fourth-order valence-electron chi connectivity index (χ4n) is 4.93. The SMILES string of the molecule is CCCCCCCCc1cc(N=C(C)C(=Cc2cc(C)c(C)c(CCCC)c2)CC)cc(C)c1C. The zero-order valence-electron chi connectivity index (χ0n) is 24.1. The van der Waals surface area contributed by atoms with Crippen molar-refractivity contribution in [2.45, 2.75) is 126 Å². The molecule has 1 nitrogen and oxygen atoms in total. The second-order valence-corrected chi connectivity index (χ2v) is 10.5. The molecular weight excluding hydrogens is 422 g/mol. The van der Waals surface area contributed by atoms with Crippen LogP contribution >= 0.6 is 0 Å². The Hall–Kier alpha value is -2.15. The third kappa shape index (κ3) is 9.10. The van der Waals surface area contributed by atoms with E-state index in [1.807, 2.05) is 0 Å². The molecule has 0 aromatic heterocycles. The monoisotopic (exact) mass is 473 g/mol. The second kappa shape index (κ2) is 15.1. The van der Waals surface area contributed by atoms with E-state index in [1.54, 1.807) is 0 Å². The molecule has 0 bridgehead atoms. The lowest BCUT2D eigenvalue weighted by molar-refractivity contribution is 0.607. The molecule has 2 rings (SSSR count). The normalized spacial score (nSPS) is 12.5. The maximum atomic E-state index is 5.12. The lowest BCUT2D eigenvalue weighted by Gasteiger charge is -2.13. The maximum absolute atomic E-state index is 5.12. The quantitative estimate of drug-likeness (QED) is 0.191. The number of hydrogen-bond donors (Lipinski definition) is 0. The van der Waals surface area contributed by atoms with Crippen LogP contribution in [0.4, 0.5) is 5.69 Å². The van der Waals surface area contributed by atoms with E-state index in [4.69, 9.17) is 4.99 Å². The van der Waals surface area contributed by atoms with Gasteiger partial charge in [-0.05, 0) is 129 Å². The van der Waals surface area contributed by atoms with Gasteiger partial charge in [0.15, 0.2) is 0 Å². The smallest absolute Gasteiger partial charge is 0.0638 e. The van der Waals surface area contributed by atoms with Crippen LogP contribution in [0.15, 0.2) is 34.8 Å². The molecule has 0 heterocycles. The van der Waals surface area contributed by atoms with E-state index in [9.17, 15) is 0 Å². The summed E-state index contributed by atoms with van der Waals surface area (Å²) in [5, 5.41) is 0. The Labute approximate surface area is 217 Å². The van der Waals surface area contributed by atoms with Gasteiger partial charge in [-0.2, -0.15) is 0 Å². The number of aliphatic imine (C=N–C) groups is 1. The summed E-state index contributed by atoms with van der Waals surface area (Å²) in [5.74, 6) is 0. The molecular formula is C34H51N. The highest BCUT2D eigenvalue weighted by molar-refractivity contribution is 6.03. The first kappa shape index (κ1) is 29.1. The highest BCUT2D eigenvalue weighted by Crippen LogP contribution is 2.26. The molecule has 0 saturated heterocycles. The lowest BCUT2D eigenvalue weighted by atomic mass is 9.94. The summed E-state index contributed by atoms with van der Waals surface area (Å²) < 4.78 is 0.